The molecule has 0 bridgehead atoms. The quantitative estimate of drug-likeness (QED) is 0.902. The fourth-order valence-corrected chi connectivity index (χ4v) is 3.59. The number of rotatable bonds is 3. The number of hydrogen-bond donors (Lipinski definition) is 2. The van der Waals surface area contributed by atoms with Crippen LogP contribution in [0.1, 0.15) is 32.6 Å². The second-order valence-corrected chi connectivity index (χ2v) is 6.39. The predicted octanol–water partition coefficient (Wildman–Crippen LogP) is 3.78. The number of nitrogens with zero attached hydrogens (tertiary/aromatic N) is 2. The summed E-state index contributed by atoms with van der Waals surface area (Å²) in [4.78, 5) is 4.17. The molecule has 0 atom stereocenters. The fourth-order valence-electron chi connectivity index (χ4n) is 2.78. The van der Waals surface area contributed by atoms with Crippen LogP contribution >= 0.6 is 11.5 Å². The minimum absolute atomic E-state index is 0.543. The lowest BCUT2D eigenvalue weighted by molar-refractivity contribution is 0.361. The van der Waals surface area contributed by atoms with Crippen LogP contribution in [-0.2, 0) is 0 Å². The molecule has 3 N–H and O–H groups in total. The Kier molecular flexibility index (Phi) is 3.87. The predicted molar refractivity (Wildman–Crippen MR) is 84.8 cm³/mol. The summed E-state index contributed by atoms with van der Waals surface area (Å²) in [7, 11) is 0. The summed E-state index contributed by atoms with van der Waals surface area (Å²) in [5.41, 5.74) is 8.07. The standard InChI is InChI=1S/C15H20N4S/c1-10-4-6-12(7-5-10)18-15-13(14(16)19-20-15)11-3-2-8-17-9-11/h2-3,8-10,12,18H,4-7H2,1H3,(H2,16,19). The van der Waals surface area contributed by atoms with Gasteiger partial charge in [-0.15, -0.1) is 0 Å². The van der Waals surface area contributed by atoms with Crippen molar-refractivity contribution in [3.8, 4) is 11.1 Å². The van der Waals surface area contributed by atoms with Gasteiger partial charge in [-0.1, -0.05) is 13.0 Å². The first-order valence-electron chi connectivity index (χ1n) is 7.16. The van der Waals surface area contributed by atoms with E-state index < -0.39 is 0 Å². The molecule has 1 aliphatic carbocycles. The molecule has 2 aromatic rings. The number of hydrogen-bond acceptors (Lipinski definition) is 5. The smallest absolute Gasteiger partial charge is 0.147 e. The monoisotopic (exact) mass is 288 g/mol. The Morgan fingerprint density at radius 2 is 2.10 bits per heavy atom. The molecule has 1 fully saturated rings. The van der Waals surface area contributed by atoms with Crippen molar-refractivity contribution in [2.24, 2.45) is 5.92 Å². The van der Waals surface area contributed by atoms with Crippen molar-refractivity contribution in [2.45, 2.75) is 38.6 Å². The first-order chi connectivity index (χ1) is 9.74. The van der Waals surface area contributed by atoms with Gasteiger partial charge in [-0.3, -0.25) is 4.98 Å². The van der Waals surface area contributed by atoms with Crippen molar-refractivity contribution in [1.82, 2.24) is 9.36 Å². The summed E-state index contributed by atoms with van der Waals surface area (Å²) in [5, 5.41) is 4.72. The first kappa shape index (κ1) is 13.4. The van der Waals surface area contributed by atoms with Crippen molar-refractivity contribution in [1.29, 1.82) is 0 Å². The zero-order chi connectivity index (χ0) is 13.9. The zero-order valence-corrected chi connectivity index (χ0v) is 12.5. The van der Waals surface area contributed by atoms with E-state index in [0.717, 1.165) is 22.0 Å². The van der Waals surface area contributed by atoms with E-state index in [1.165, 1.54) is 37.2 Å². The van der Waals surface area contributed by atoms with Crippen LogP contribution in [0.4, 0.5) is 10.8 Å². The second kappa shape index (κ2) is 5.79. The van der Waals surface area contributed by atoms with Crippen molar-refractivity contribution < 1.29 is 0 Å². The van der Waals surface area contributed by atoms with Gasteiger partial charge in [0.05, 0.1) is 5.56 Å². The molecule has 0 saturated heterocycles. The van der Waals surface area contributed by atoms with Gasteiger partial charge in [-0.05, 0) is 49.2 Å². The van der Waals surface area contributed by atoms with E-state index >= 15 is 0 Å². The normalized spacial score (nSPS) is 22.6. The van der Waals surface area contributed by atoms with Gasteiger partial charge >= 0.3 is 0 Å². The number of aromatic nitrogens is 2. The Morgan fingerprint density at radius 1 is 1.30 bits per heavy atom. The van der Waals surface area contributed by atoms with Crippen LogP contribution in [-0.4, -0.2) is 15.4 Å². The Morgan fingerprint density at radius 3 is 2.80 bits per heavy atom. The van der Waals surface area contributed by atoms with E-state index in [-0.39, 0.29) is 0 Å². The maximum Gasteiger partial charge on any atom is 0.147 e. The largest absolute Gasteiger partial charge is 0.382 e. The van der Waals surface area contributed by atoms with E-state index in [1.807, 2.05) is 18.3 Å². The number of nitrogens with one attached hydrogen (secondary N) is 1. The third kappa shape index (κ3) is 2.77. The minimum Gasteiger partial charge on any atom is -0.382 e. The second-order valence-electron chi connectivity index (χ2n) is 5.61. The van der Waals surface area contributed by atoms with E-state index in [2.05, 4.69) is 21.6 Å². The van der Waals surface area contributed by atoms with E-state index in [1.54, 1.807) is 6.20 Å². The van der Waals surface area contributed by atoms with Crippen molar-refractivity contribution in [2.75, 3.05) is 11.1 Å². The molecule has 2 heterocycles. The summed E-state index contributed by atoms with van der Waals surface area (Å²) in [6, 6.07) is 4.50. The molecule has 4 nitrogen and oxygen atoms in total. The van der Waals surface area contributed by atoms with Gasteiger partial charge in [0.1, 0.15) is 10.8 Å². The van der Waals surface area contributed by atoms with Crippen LogP contribution < -0.4 is 11.1 Å². The molecular weight excluding hydrogens is 268 g/mol. The third-order valence-corrected chi connectivity index (χ3v) is 4.81. The van der Waals surface area contributed by atoms with Crippen LogP contribution in [0.5, 0.6) is 0 Å². The van der Waals surface area contributed by atoms with Crippen LogP contribution in [0.2, 0.25) is 0 Å². The zero-order valence-electron chi connectivity index (χ0n) is 11.7. The molecule has 1 saturated carbocycles. The molecule has 0 aromatic carbocycles. The van der Waals surface area contributed by atoms with E-state index in [0.29, 0.717) is 11.9 Å². The molecule has 5 heteroatoms. The topological polar surface area (TPSA) is 63.8 Å². The Balaban J connectivity index is 1.81. The minimum atomic E-state index is 0.543. The van der Waals surface area contributed by atoms with Crippen molar-refractivity contribution >= 4 is 22.4 Å². The van der Waals surface area contributed by atoms with Crippen molar-refractivity contribution in [3.63, 3.8) is 0 Å². The molecule has 0 radical (unpaired) electrons. The maximum absolute atomic E-state index is 6.03. The van der Waals surface area contributed by atoms with Crippen LogP contribution in [0.25, 0.3) is 11.1 Å². The lowest BCUT2D eigenvalue weighted by Crippen LogP contribution is -2.24. The molecule has 3 rings (SSSR count). The average molecular weight is 288 g/mol. The molecule has 0 unspecified atom stereocenters. The summed E-state index contributed by atoms with van der Waals surface area (Å²) in [6.07, 6.45) is 8.67. The van der Waals surface area contributed by atoms with E-state index in [9.17, 15) is 0 Å². The highest BCUT2D eigenvalue weighted by Gasteiger charge is 2.21. The number of pyridine rings is 1. The Bertz CT molecular complexity index is 559. The molecule has 0 spiro atoms. The fraction of sp³-hybridized carbons (Fsp3) is 0.467. The molecule has 1 aliphatic rings. The number of nitrogen functional groups attached to an aromatic ring is 1. The summed E-state index contributed by atoms with van der Waals surface area (Å²) in [6.45, 7) is 2.34. The van der Waals surface area contributed by atoms with Crippen LogP contribution in [0, 0.1) is 5.92 Å². The molecule has 20 heavy (non-hydrogen) atoms. The van der Waals surface area contributed by atoms with Gasteiger partial charge in [0, 0.05) is 24.0 Å². The Hall–Kier alpha value is -1.62. The van der Waals surface area contributed by atoms with Crippen molar-refractivity contribution in [3.05, 3.63) is 24.5 Å². The van der Waals surface area contributed by atoms with Gasteiger partial charge in [-0.2, -0.15) is 4.37 Å². The number of nitrogens with two attached hydrogens (primary N) is 1. The summed E-state index contributed by atoms with van der Waals surface area (Å²) in [5.74, 6) is 1.45. The molecule has 106 valence electrons. The first-order valence-corrected chi connectivity index (χ1v) is 7.93. The molecule has 0 aliphatic heterocycles. The number of anilines is 2. The maximum atomic E-state index is 6.03. The highest BCUT2D eigenvalue weighted by Crippen LogP contribution is 2.38. The lowest BCUT2D eigenvalue weighted by Gasteiger charge is -2.27. The highest BCUT2D eigenvalue weighted by molar-refractivity contribution is 7.11. The average Bonchev–Trinajstić information content (AvgIpc) is 2.83. The SMILES string of the molecule is CC1CCC(Nc2snc(N)c2-c2cccnc2)CC1. The van der Waals surface area contributed by atoms with Gasteiger partial charge < -0.3 is 11.1 Å². The van der Waals surface area contributed by atoms with Gasteiger partial charge in [0.2, 0.25) is 0 Å². The summed E-state index contributed by atoms with van der Waals surface area (Å²) >= 11 is 1.45. The van der Waals surface area contributed by atoms with Crippen LogP contribution in [0.15, 0.2) is 24.5 Å². The van der Waals surface area contributed by atoms with Gasteiger partial charge in [0.15, 0.2) is 0 Å². The summed E-state index contributed by atoms with van der Waals surface area (Å²) < 4.78 is 4.30. The molecular formula is C15H20N4S. The molecule has 2 aromatic heterocycles. The van der Waals surface area contributed by atoms with E-state index in [4.69, 9.17) is 5.73 Å². The van der Waals surface area contributed by atoms with Gasteiger partial charge in [-0.25, -0.2) is 0 Å². The third-order valence-electron chi connectivity index (χ3n) is 4.02. The van der Waals surface area contributed by atoms with Gasteiger partial charge in [0.25, 0.3) is 0 Å². The highest BCUT2D eigenvalue weighted by atomic mass is 32.1. The Labute approximate surface area is 123 Å². The lowest BCUT2D eigenvalue weighted by atomic mass is 9.87. The van der Waals surface area contributed by atoms with Crippen LogP contribution in [0.3, 0.4) is 0 Å². The molecule has 0 amide bonds.